The predicted octanol–water partition coefficient (Wildman–Crippen LogP) is 4.29. The van der Waals surface area contributed by atoms with E-state index in [0.717, 1.165) is 25.1 Å². The summed E-state index contributed by atoms with van der Waals surface area (Å²) < 4.78 is 0. The van der Waals surface area contributed by atoms with E-state index in [1.165, 1.54) is 19.3 Å². The Morgan fingerprint density at radius 2 is 2.11 bits per heavy atom. The summed E-state index contributed by atoms with van der Waals surface area (Å²) in [5.74, 6) is 0. The number of piperidine rings is 1. The lowest BCUT2D eigenvalue weighted by atomic mass is 10.0. The molecule has 2 unspecified atom stereocenters. The fraction of sp³-hybridized carbons (Fsp3) is 0.600. The van der Waals surface area contributed by atoms with Gasteiger partial charge in [0.2, 0.25) is 0 Å². The van der Waals surface area contributed by atoms with E-state index in [4.69, 9.17) is 23.2 Å². The summed E-state index contributed by atoms with van der Waals surface area (Å²) in [4.78, 5) is 2.46. The van der Waals surface area contributed by atoms with Crippen LogP contribution in [-0.4, -0.2) is 29.1 Å². The Kier molecular flexibility index (Phi) is 5.52. The molecule has 1 heterocycles. The number of benzene rings is 1. The predicted molar refractivity (Wildman–Crippen MR) is 80.9 cm³/mol. The van der Waals surface area contributed by atoms with Crippen molar-refractivity contribution in [1.29, 1.82) is 0 Å². The maximum Gasteiger partial charge on any atom is 0.0802 e. The number of rotatable bonds is 4. The van der Waals surface area contributed by atoms with Crippen LogP contribution in [0.25, 0.3) is 0 Å². The summed E-state index contributed by atoms with van der Waals surface area (Å²) >= 11 is 11.9. The van der Waals surface area contributed by atoms with Crippen LogP contribution in [0.2, 0.25) is 10.0 Å². The molecule has 0 bridgehead atoms. The zero-order chi connectivity index (χ0) is 13.8. The molecule has 1 fully saturated rings. The van der Waals surface area contributed by atoms with E-state index in [1.807, 2.05) is 6.07 Å². The quantitative estimate of drug-likeness (QED) is 0.897. The van der Waals surface area contributed by atoms with Gasteiger partial charge in [0.15, 0.2) is 0 Å². The van der Waals surface area contributed by atoms with E-state index in [-0.39, 0.29) is 0 Å². The van der Waals surface area contributed by atoms with Crippen LogP contribution in [0.1, 0.15) is 44.3 Å². The molecule has 0 radical (unpaired) electrons. The zero-order valence-electron chi connectivity index (χ0n) is 11.3. The van der Waals surface area contributed by atoms with E-state index in [1.54, 1.807) is 12.1 Å². The van der Waals surface area contributed by atoms with Crippen molar-refractivity contribution in [3.63, 3.8) is 0 Å². The topological polar surface area (TPSA) is 23.5 Å². The monoisotopic (exact) mass is 301 g/mol. The Bertz CT molecular complexity index is 425. The lowest BCUT2D eigenvalue weighted by Gasteiger charge is -2.33. The summed E-state index contributed by atoms with van der Waals surface area (Å²) in [6, 6.07) is 5.98. The third kappa shape index (κ3) is 4.09. The normalized spacial score (nSPS) is 22.4. The first-order valence-corrected chi connectivity index (χ1v) is 7.70. The zero-order valence-corrected chi connectivity index (χ0v) is 12.8. The molecule has 1 saturated heterocycles. The van der Waals surface area contributed by atoms with Crippen molar-refractivity contribution in [3.05, 3.63) is 33.8 Å². The molecule has 1 aliphatic heterocycles. The van der Waals surface area contributed by atoms with Crippen LogP contribution in [0, 0.1) is 0 Å². The van der Waals surface area contributed by atoms with Crippen molar-refractivity contribution < 1.29 is 5.11 Å². The fourth-order valence-corrected chi connectivity index (χ4v) is 2.97. The van der Waals surface area contributed by atoms with Gasteiger partial charge in [-0.3, -0.25) is 0 Å². The van der Waals surface area contributed by atoms with E-state index < -0.39 is 6.10 Å². The highest BCUT2D eigenvalue weighted by Gasteiger charge is 2.19. The third-order valence-electron chi connectivity index (χ3n) is 3.96. The first-order chi connectivity index (χ1) is 9.08. The van der Waals surface area contributed by atoms with Gasteiger partial charge in [-0.25, -0.2) is 0 Å². The second-order valence-corrected chi connectivity index (χ2v) is 6.17. The van der Waals surface area contributed by atoms with Crippen molar-refractivity contribution in [2.45, 2.75) is 44.8 Å². The summed E-state index contributed by atoms with van der Waals surface area (Å²) in [5.41, 5.74) is 0.846. The minimum absolute atomic E-state index is 0.469. The number of hydrogen-bond acceptors (Lipinski definition) is 2. The van der Waals surface area contributed by atoms with Crippen LogP contribution < -0.4 is 0 Å². The molecule has 2 rings (SSSR count). The van der Waals surface area contributed by atoms with Crippen molar-refractivity contribution in [3.8, 4) is 0 Å². The molecule has 1 aromatic carbocycles. The maximum absolute atomic E-state index is 10.2. The van der Waals surface area contributed by atoms with Crippen molar-refractivity contribution in [2.24, 2.45) is 0 Å². The number of nitrogens with zero attached hydrogens (tertiary/aromatic N) is 1. The molecule has 1 aromatic rings. The summed E-state index contributed by atoms with van der Waals surface area (Å²) in [5, 5.41) is 11.3. The Morgan fingerprint density at radius 3 is 2.79 bits per heavy atom. The molecular weight excluding hydrogens is 281 g/mol. The van der Waals surface area contributed by atoms with Crippen molar-refractivity contribution in [2.75, 3.05) is 13.1 Å². The highest BCUT2D eigenvalue weighted by molar-refractivity contribution is 6.42. The lowest BCUT2D eigenvalue weighted by molar-refractivity contribution is 0.109. The third-order valence-corrected chi connectivity index (χ3v) is 4.70. The second-order valence-electron chi connectivity index (χ2n) is 5.36. The number of halogens is 2. The minimum atomic E-state index is -0.469. The van der Waals surface area contributed by atoms with E-state index in [9.17, 15) is 5.11 Å². The summed E-state index contributed by atoms with van der Waals surface area (Å²) in [6.45, 7) is 4.35. The fourth-order valence-electron chi connectivity index (χ4n) is 2.66. The van der Waals surface area contributed by atoms with Gasteiger partial charge in [0.05, 0.1) is 16.1 Å². The van der Waals surface area contributed by atoms with Crippen molar-refractivity contribution >= 4 is 23.2 Å². The van der Waals surface area contributed by atoms with Gasteiger partial charge < -0.3 is 10.0 Å². The van der Waals surface area contributed by atoms with Gasteiger partial charge in [-0.15, -0.1) is 0 Å². The minimum Gasteiger partial charge on any atom is -0.388 e. The van der Waals surface area contributed by atoms with Gasteiger partial charge in [0.25, 0.3) is 0 Å². The first-order valence-electron chi connectivity index (χ1n) is 6.95. The molecule has 19 heavy (non-hydrogen) atoms. The van der Waals surface area contributed by atoms with Crippen LogP contribution in [0.4, 0.5) is 0 Å². The highest BCUT2D eigenvalue weighted by atomic mass is 35.5. The molecular formula is C15H21Cl2NO. The van der Waals surface area contributed by atoms with Gasteiger partial charge in [-0.2, -0.15) is 0 Å². The van der Waals surface area contributed by atoms with Crippen LogP contribution in [0.3, 0.4) is 0 Å². The first kappa shape index (κ1) is 15.1. The van der Waals surface area contributed by atoms with Gasteiger partial charge in [0, 0.05) is 12.6 Å². The largest absolute Gasteiger partial charge is 0.388 e. The van der Waals surface area contributed by atoms with E-state index in [2.05, 4.69) is 11.8 Å². The van der Waals surface area contributed by atoms with Gasteiger partial charge >= 0.3 is 0 Å². The van der Waals surface area contributed by atoms with Crippen LogP contribution >= 0.6 is 23.2 Å². The Labute approximate surface area is 125 Å². The molecule has 0 amide bonds. The SMILES string of the molecule is CC1CCCCN1CCC(O)c1ccc(Cl)c(Cl)c1. The van der Waals surface area contributed by atoms with Crippen LogP contribution in [0.5, 0.6) is 0 Å². The number of aliphatic hydroxyl groups excluding tert-OH is 1. The molecule has 1 N–H and O–H groups in total. The smallest absolute Gasteiger partial charge is 0.0802 e. The second kappa shape index (κ2) is 6.94. The molecule has 0 saturated carbocycles. The standard InChI is InChI=1S/C15H21Cl2NO/c1-11-4-2-3-8-18(11)9-7-15(19)12-5-6-13(16)14(17)10-12/h5-6,10-11,15,19H,2-4,7-9H2,1H3. The van der Waals surface area contributed by atoms with Crippen LogP contribution in [0.15, 0.2) is 18.2 Å². The van der Waals surface area contributed by atoms with Gasteiger partial charge in [-0.1, -0.05) is 35.7 Å². The summed E-state index contributed by atoms with van der Waals surface area (Å²) in [6.07, 6.45) is 4.13. The Morgan fingerprint density at radius 1 is 1.32 bits per heavy atom. The molecule has 106 valence electrons. The lowest BCUT2D eigenvalue weighted by Crippen LogP contribution is -2.38. The highest BCUT2D eigenvalue weighted by Crippen LogP contribution is 2.27. The van der Waals surface area contributed by atoms with Gasteiger partial charge in [-0.05, 0) is 50.4 Å². The number of aliphatic hydroxyl groups is 1. The average Bonchev–Trinajstić information content (AvgIpc) is 2.40. The Hall–Kier alpha value is -0.280. The van der Waals surface area contributed by atoms with Crippen LogP contribution in [-0.2, 0) is 0 Å². The summed E-state index contributed by atoms with van der Waals surface area (Å²) in [7, 11) is 0. The molecule has 4 heteroatoms. The average molecular weight is 302 g/mol. The van der Waals surface area contributed by atoms with E-state index >= 15 is 0 Å². The molecule has 2 atom stereocenters. The van der Waals surface area contributed by atoms with Crippen molar-refractivity contribution in [1.82, 2.24) is 4.90 Å². The van der Waals surface area contributed by atoms with Gasteiger partial charge in [0.1, 0.15) is 0 Å². The number of hydrogen-bond donors (Lipinski definition) is 1. The molecule has 0 aliphatic carbocycles. The van der Waals surface area contributed by atoms with E-state index in [0.29, 0.717) is 16.1 Å². The number of likely N-dealkylation sites (tertiary alicyclic amines) is 1. The molecule has 0 spiro atoms. The molecule has 1 aliphatic rings. The Balaban J connectivity index is 1.89. The maximum atomic E-state index is 10.2. The molecule has 0 aromatic heterocycles. The molecule has 2 nitrogen and oxygen atoms in total.